The van der Waals surface area contributed by atoms with Crippen LogP contribution < -0.4 is 10.9 Å². The van der Waals surface area contributed by atoms with Crippen molar-refractivity contribution in [1.29, 1.82) is 0 Å². The zero-order valence-electron chi connectivity index (χ0n) is 11.5. The van der Waals surface area contributed by atoms with Gasteiger partial charge in [0.1, 0.15) is 11.9 Å². The third-order valence-corrected chi connectivity index (χ3v) is 2.22. The van der Waals surface area contributed by atoms with Gasteiger partial charge in [-0.15, -0.1) is 0 Å². The fourth-order valence-corrected chi connectivity index (χ4v) is 1.46. The summed E-state index contributed by atoms with van der Waals surface area (Å²) in [4.78, 5) is 22.4. The molecule has 0 saturated heterocycles. The molecule has 5 nitrogen and oxygen atoms in total. The Kier molecular flexibility index (Phi) is 5.51. The summed E-state index contributed by atoms with van der Waals surface area (Å²) < 4.78 is 5.05. The van der Waals surface area contributed by atoms with Gasteiger partial charge < -0.3 is 9.53 Å². The van der Waals surface area contributed by atoms with Gasteiger partial charge in [0, 0.05) is 0 Å². The third-order valence-electron chi connectivity index (χ3n) is 2.22. The van der Waals surface area contributed by atoms with E-state index in [2.05, 4.69) is 10.9 Å². The molecule has 19 heavy (non-hydrogen) atoms. The van der Waals surface area contributed by atoms with Gasteiger partial charge in [0.2, 0.25) is 0 Å². The molecular formula is C14H20N2O3. The molecule has 0 fully saturated rings. The second kappa shape index (κ2) is 6.89. The average molecular weight is 264 g/mol. The minimum absolute atomic E-state index is 0.491. The van der Waals surface area contributed by atoms with Crippen LogP contribution in [0.25, 0.3) is 0 Å². The first-order chi connectivity index (χ1) is 8.90. The lowest BCUT2D eigenvalue weighted by molar-refractivity contribution is -0.109. The quantitative estimate of drug-likeness (QED) is 0.629. The van der Waals surface area contributed by atoms with Gasteiger partial charge in [-0.05, 0) is 32.8 Å². The molecular weight excluding hydrogens is 244 g/mol. The summed E-state index contributed by atoms with van der Waals surface area (Å²) in [5.41, 5.74) is 5.46. The maximum absolute atomic E-state index is 11.4. The number of benzene rings is 1. The first kappa shape index (κ1) is 15.2. The van der Waals surface area contributed by atoms with Gasteiger partial charge in [-0.25, -0.2) is 10.2 Å². The van der Waals surface area contributed by atoms with Gasteiger partial charge >= 0.3 is 6.09 Å². The molecule has 0 aliphatic rings. The van der Waals surface area contributed by atoms with Crippen LogP contribution >= 0.6 is 0 Å². The van der Waals surface area contributed by atoms with Crippen molar-refractivity contribution < 1.29 is 14.3 Å². The number of ether oxygens (including phenoxy) is 1. The lowest BCUT2D eigenvalue weighted by Crippen LogP contribution is -2.47. The van der Waals surface area contributed by atoms with E-state index in [1.54, 1.807) is 20.8 Å². The Hall–Kier alpha value is -1.88. The number of hydrogen-bond donors (Lipinski definition) is 2. The van der Waals surface area contributed by atoms with Crippen LogP contribution in [0, 0.1) is 0 Å². The Balaban J connectivity index is 2.41. The first-order valence-corrected chi connectivity index (χ1v) is 6.14. The lowest BCUT2D eigenvalue weighted by atomic mass is 10.1. The highest BCUT2D eigenvalue weighted by Crippen LogP contribution is 2.06. The highest BCUT2D eigenvalue weighted by Gasteiger charge is 2.17. The summed E-state index contributed by atoms with van der Waals surface area (Å²) in [5.74, 6) is 0. The Morgan fingerprint density at radius 2 is 1.95 bits per heavy atom. The molecule has 0 aliphatic carbocycles. The van der Waals surface area contributed by atoms with Crippen molar-refractivity contribution in [2.75, 3.05) is 0 Å². The summed E-state index contributed by atoms with van der Waals surface area (Å²) in [6, 6.07) is 9.06. The number of rotatable bonds is 5. The van der Waals surface area contributed by atoms with Gasteiger partial charge in [-0.1, -0.05) is 30.3 Å². The Labute approximate surface area is 113 Å². The maximum Gasteiger partial charge on any atom is 0.422 e. The molecule has 1 amide bonds. The number of hydrazine groups is 1. The largest absolute Gasteiger partial charge is 0.443 e. The molecule has 0 unspecified atom stereocenters. The first-order valence-electron chi connectivity index (χ1n) is 6.14. The lowest BCUT2D eigenvalue weighted by Gasteiger charge is -2.21. The van der Waals surface area contributed by atoms with Crippen molar-refractivity contribution in [2.45, 2.75) is 38.8 Å². The molecule has 104 valence electrons. The van der Waals surface area contributed by atoms with Crippen molar-refractivity contribution in [2.24, 2.45) is 0 Å². The zero-order valence-corrected chi connectivity index (χ0v) is 11.5. The van der Waals surface area contributed by atoms with Crippen molar-refractivity contribution >= 4 is 12.4 Å². The molecule has 0 bridgehead atoms. The average Bonchev–Trinajstić information content (AvgIpc) is 2.33. The summed E-state index contributed by atoms with van der Waals surface area (Å²) in [6.07, 6.45) is 0.650. The van der Waals surface area contributed by atoms with E-state index in [0.29, 0.717) is 6.42 Å². The highest BCUT2D eigenvalue weighted by atomic mass is 16.6. The number of hydrogen-bond acceptors (Lipinski definition) is 4. The Morgan fingerprint density at radius 3 is 2.47 bits per heavy atom. The van der Waals surface area contributed by atoms with Crippen molar-refractivity contribution in [1.82, 2.24) is 10.9 Å². The van der Waals surface area contributed by atoms with Gasteiger partial charge in [0.15, 0.2) is 0 Å². The molecule has 1 aromatic rings. The second-order valence-corrected chi connectivity index (χ2v) is 5.20. The molecule has 0 radical (unpaired) electrons. The Bertz CT molecular complexity index is 412. The van der Waals surface area contributed by atoms with E-state index in [1.165, 1.54) is 0 Å². The van der Waals surface area contributed by atoms with Crippen LogP contribution in [-0.4, -0.2) is 24.0 Å². The second-order valence-electron chi connectivity index (χ2n) is 5.20. The monoisotopic (exact) mass is 264 g/mol. The van der Waals surface area contributed by atoms with Crippen LogP contribution in [0.1, 0.15) is 26.3 Å². The molecule has 0 saturated carbocycles. The SMILES string of the molecule is CC(C)(C)OC(=O)NN[C@H](C=O)Cc1ccccc1. The fraction of sp³-hybridized carbons (Fsp3) is 0.429. The predicted octanol–water partition coefficient (Wildman–Crippen LogP) is 1.83. The van der Waals surface area contributed by atoms with Crippen LogP contribution in [0.15, 0.2) is 30.3 Å². The number of carbonyl (C=O) groups is 2. The highest BCUT2D eigenvalue weighted by molar-refractivity contribution is 5.68. The van der Waals surface area contributed by atoms with Gasteiger partial charge in [-0.3, -0.25) is 5.43 Å². The fourth-order valence-electron chi connectivity index (χ4n) is 1.46. The number of nitrogens with one attached hydrogen (secondary N) is 2. The van der Waals surface area contributed by atoms with E-state index in [4.69, 9.17) is 4.74 Å². The third kappa shape index (κ3) is 6.57. The zero-order chi connectivity index (χ0) is 14.3. The summed E-state index contributed by atoms with van der Waals surface area (Å²) in [7, 11) is 0. The van der Waals surface area contributed by atoms with E-state index in [0.717, 1.165) is 11.8 Å². The molecule has 1 atom stereocenters. The van der Waals surface area contributed by atoms with Crippen molar-refractivity contribution in [3.8, 4) is 0 Å². The van der Waals surface area contributed by atoms with E-state index in [1.807, 2.05) is 30.3 Å². The molecule has 0 aromatic heterocycles. The number of aldehydes is 1. The van der Waals surface area contributed by atoms with Crippen LogP contribution in [0.4, 0.5) is 4.79 Å². The van der Waals surface area contributed by atoms with Gasteiger partial charge in [0.25, 0.3) is 0 Å². The van der Waals surface area contributed by atoms with Crippen molar-refractivity contribution in [3.05, 3.63) is 35.9 Å². The Morgan fingerprint density at radius 1 is 1.32 bits per heavy atom. The van der Waals surface area contributed by atoms with Crippen molar-refractivity contribution in [3.63, 3.8) is 0 Å². The smallest absolute Gasteiger partial charge is 0.422 e. The van der Waals surface area contributed by atoms with Crippen LogP contribution in [0.5, 0.6) is 0 Å². The maximum atomic E-state index is 11.4. The summed E-state index contributed by atoms with van der Waals surface area (Å²) in [6.45, 7) is 5.31. The van der Waals surface area contributed by atoms with Gasteiger partial charge in [0.05, 0.1) is 6.04 Å². The molecule has 1 aromatic carbocycles. The van der Waals surface area contributed by atoms with Crippen LogP contribution in [0.2, 0.25) is 0 Å². The van der Waals surface area contributed by atoms with E-state index >= 15 is 0 Å². The minimum atomic E-state index is -0.604. The van der Waals surface area contributed by atoms with E-state index in [-0.39, 0.29) is 0 Å². The molecule has 0 heterocycles. The molecule has 1 rings (SSSR count). The summed E-state index contributed by atoms with van der Waals surface area (Å²) in [5, 5.41) is 0. The number of amides is 1. The predicted molar refractivity (Wildman–Crippen MR) is 72.5 cm³/mol. The molecule has 0 aliphatic heterocycles. The van der Waals surface area contributed by atoms with Gasteiger partial charge in [-0.2, -0.15) is 0 Å². The van der Waals surface area contributed by atoms with Crippen LogP contribution in [0.3, 0.4) is 0 Å². The molecule has 5 heteroatoms. The topological polar surface area (TPSA) is 67.4 Å². The molecule has 2 N–H and O–H groups in total. The number of carbonyl (C=O) groups excluding carboxylic acids is 2. The van der Waals surface area contributed by atoms with E-state index in [9.17, 15) is 9.59 Å². The van der Waals surface area contributed by atoms with Crippen LogP contribution in [-0.2, 0) is 16.0 Å². The minimum Gasteiger partial charge on any atom is -0.443 e. The molecule has 0 spiro atoms. The standard InChI is InChI=1S/C14H20N2O3/c1-14(2,3)19-13(18)16-15-12(10-17)9-11-7-5-4-6-8-11/h4-8,10,12,15H,9H2,1-3H3,(H,16,18)/t12-/m0/s1. The summed E-state index contributed by atoms with van der Waals surface area (Å²) >= 11 is 0. The normalized spacial score (nSPS) is 12.6. The van der Waals surface area contributed by atoms with E-state index < -0.39 is 17.7 Å².